The Morgan fingerprint density at radius 1 is 1.18 bits per heavy atom. The quantitative estimate of drug-likeness (QED) is 0.409. The Hall–Kier alpha value is -1.98. The Balaban J connectivity index is 2.16. The van der Waals surface area contributed by atoms with Gasteiger partial charge in [0.05, 0.1) is 30.3 Å². The summed E-state index contributed by atoms with van der Waals surface area (Å²) in [4.78, 5) is 13.3. The molecule has 0 amide bonds. The van der Waals surface area contributed by atoms with Crippen LogP contribution in [0.5, 0.6) is 0 Å². The highest BCUT2D eigenvalue weighted by Gasteiger charge is 2.18. The normalized spacial score (nSPS) is 11.2. The van der Waals surface area contributed by atoms with E-state index < -0.39 is 0 Å². The molecule has 2 heterocycles. The topological polar surface area (TPSA) is 39.9 Å². The minimum Gasteiger partial charge on any atom is -0.465 e. The standard InChI is InChI=1S/C17H17NO3S/c1-20-9-10-22-12-6-7-13-15(11-12)18-8-4-3-5-14(18)16(13)17(19)21-2/h3-8,11H,9-10H2,1-2H3. The van der Waals surface area contributed by atoms with Crippen LogP contribution in [0.2, 0.25) is 0 Å². The molecule has 0 aliphatic carbocycles. The molecule has 0 N–H and O–H groups in total. The number of nitrogens with zero attached hydrogens (tertiary/aromatic N) is 1. The van der Waals surface area contributed by atoms with Gasteiger partial charge in [-0.15, -0.1) is 11.8 Å². The zero-order valence-electron chi connectivity index (χ0n) is 12.5. The van der Waals surface area contributed by atoms with Crippen LogP contribution in [0.4, 0.5) is 0 Å². The van der Waals surface area contributed by atoms with Crippen molar-refractivity contribution in [3.8, 4) is 0 Å². The van der Waals surface area contributed by atoms with Crippen molar-refractivity contribution in [2.45, 2.75) is 4.90 Å². The van der Waals surface area contributed by atoms with E-state index in [2.05, 4.69) is 6.07 Å². The van der Waals surface area contributed by atoms with Crippen LogP contribution in [0.3, 0.4) is 0 Å². The highest BCUT2D eigenvalue weighted by atomic mass is 32.2. The second-order valence-electron chi connectivity index (χ2n) is 4.84. The van der Waals surface area contributed by atoms with E-state index in [9.17, 15) is 4.79 Å². The van der Waals surface area contributed by atoms with Crippen molar-refractivity contribution in [1.82, 2.24) is 4.40 Å². The molecule has 0 aliphatic heterocycles. The summed E-state index contributed by atoms with van der Waals surface area (Å²) in [5.41, 5.74) is 2.49. The van der Waals surface area contributed by atoms with Gasteiger partial charge in [-0.1, -0.05) is 12.1 Å². The zero-order chi connectivity index (χ0) is 15.5. The number of hydrogen-bond acceptors (Lipinski definition) is 4. The lowest BCUT2D eigenvalue weighted by Crippen LogP contribution is -2.00. The van der Waals surface area contributed by atoms with E-state index in [1.165, 1.54) is 7.11 Å². The number of hydrogen-bond donors (Lipinski definition) is 0. The summed E-state index contributed by atoms with van der Waals surface area (Å²) in [5, 5.41) is 0.911. The molecule has 3 rings (SSSR count). The van der Waals surface area contributed by atoms with Crippen LogP contribution < -0.4 is 0 Å². The Morgan fingerprint density at radius 3 is 2.82 bits per heavy atom. The van der Waals surface area contributed by atoms with Crippen molar-refractivity contribution < 1.29 is 14.3 Å². The zero-order valence-corrected chi connectivity index (χ0v) is 13.4. The molecule has 114 valence electrons. The first-order valence-electron chi connectivity index (χ1n) is 6.99. The lowest BCUT2D eigenvalue weighted by molar-refractivity contribution is 0.0605. The summed E-state index contributed by atoms with van der Waals surface area (Å²) in [6.07, 6.45) is 1.97. The van der Waals surface area contributed by atoms with Crippen LogP contribution in [0.25, 0.3) is 16.4 Å². The predicted molar refractivity (Wildman–Crippen MR) is 88.8 cm³/mol. The van der Waals surface area contributed by atoms with Crippen LogP contribution in [0.15, 0.2) is 47.5 Å². The molecule has 0 saturated heterocycles. The fourth-order valence-corrected chi connectivity index (χ4v) is 3.41. The Morgan fingerprint density at radius 2 is 2.05 bits per heavy atom. The molecule has 4 nitrogen and oxygen atoms in total. The van der Waals surface area contributed by atoms with E-state index in [1.807, 2.05) is 40.9 Å². The van der Waals surface area contributed by atoms with E-state index in [0.717, 1.165) is 27.1 Å². The smallest absolute Gasteiger partial charge is 0.340 e. The molecule has 0 atom stereocenters. The molecule has 0 saturated carbocycles. The second kappa shape index (κ2) is 6.42. The van der Waals surface area contributed by atoms with Gasteiger partial charge in [0.25, 0.3) is 0 Å². The van der Waals surface area contributed by atoms with Gasteiger partial charge in [0.1, 0.15) is 0 Å². The van der Waals surface area contributed by atoms with Crippen LogP contribution in [0.1, 0.15) is 10.4 Å². The third kappa shape index (κ3) is 2.58. The van der Waals surface area contributed by atoms with Crippen molar-refractivity contribution in [1.29, 1.82) is 0 Å². The summed E-state index contributed by atoms with van der Waals surface area (Å²) in [6, 6.07) is 11.9. The van der Waals surface area contributed by atoms with Gasteiger partial charge in [0.2, 0.25) is 0 Å². The summed E-state index contributed by atoms with van der Waals surface area (Å²) in [7, 11) is 3.11. The minimum absolute atomic E-state index is 0.307. The Labute approximate surface area is 133 Å². The summed E-state index contributed by atoms with van der Waals surface area (Å²) >= 11 is 1.74. The van der Waals surface area contributed by atoms with Crippen molar-refractivity contribution in [3.63, 3.8) is 0 Å². The largest absolute Gasteiger partial charge is 0.465 e. The Kier molecular flexibility index (Phi) is 4.36. The van der Waals surface area contributed by atoms with Gasteiger partial charge >= 0.3 is 5.97 Å². The minimum atomic E-state index is -0.307. The summed E-state index contributed by atoms with van der Waals surface area (Å²) < 4.78 is 12.1. The highest BCUT2D eigenvalue weighted by Crippen LogP contribution is 2.30. The summed E-state index contributed by atoms with van der Waals surface area (Å²) in [5.74, 6) is 0.591. The van der Waals surface area contributed by atoms with E-state index in [0.29, 0.717) is 12.2 Å². The maximum Gasteiger partial charge on any atom is 0.340 e. The molecule has 3 aromatic rings. The van der Waals surface area contributed by atoms with Crippen molar-refractivity contribution in [2.24, 2.45) is 0 Å². The first-order valence-corrected chi connectivity index (χ1v) is 7.97. The maximum atomic E-state index is 12.1. The average molecular weight is 315 g/mol. The van der Waals surface area contributed by atoms with Gasteiger partial charge in [0, 0.05) is 29.3 Å². The fourth-order valence-electron chi connectivity index (χ4n) is 2.57. The molecule has 0 aliphatic rings. The van der Waals surface area contributed by atoms with Gasteiger partial charge in [-0.25, -0.2) is 4.79 Å². The van der Waals surface area contributed by atoms with Gasteiger partial charge in [-0.05, 0) is 24.3 Å². The number of aromatic nitrogens is 1. The molecule has 0 spiro atoms. The SMILES string of the molecule is COCCSc1ccc2c(C(=O)OC)c3ccccn3c2c1. The molecule has 0 radical (unpaired) electrons. The molecular weight excluding hydrogens is 298 g/mol. The first kappa shape index (κ1) is 14.9. The van der Waals surface area contributed by atoms with Crippen LogP contribution in [0, 0.1) is 0 Å². The van der Waals surface area contributed by atoms with Crippen LogP contribution in [-0.4, -0.2) is 36.9 Å². The van der Waals surface area contributed by atoms with Crippen LogP contribution >= 0.6 is 11.8 Å². The van der Waals surface area contributed by atoms with Crippen molar-refractivity contribution in [2.75, 3.05) is 26.6 Å². The van der Waals surface area contributed by atoms with Crippen LogP contribution in [-0.2, 0) is 9.47 Å². The Bertz CT molecular complexity index is 825. The molecule has 2 aromatic heterocycles. The third-order valence-electron chi connectivity index (χ3n) is 3.56. The number of esters is 1. The number of carbonyl (C=O) groups is 1. The number of methoxy groups -OCH3 is 2. The summed E-state index contributed by atoms with van der Waals surface area (Å²) in [6.45, 7) is 0.713. The molecule has 0 unspecified atom stereocenters. The maximum absolute atomic E-state index is 12.1. The number of ether oxygens (including phenoxy) is 2. The van der Waals surface area contributed by atoms with Crippen molar-refractivity contribution in [3.05, 3.63) is 48.2 Å². The lowest BCUT2D eigenvalue weighted by atomic mass is 10.1. The average Bonchev–Trinajstić information content (AvgIpc) is 2.88. The van der Waals surface area contributed by atoms with Gasteiger partial charge in [0.15, 0.2) is 0 Å². The number of carbonyl (C=O) groups excluding carboxylic acids is 1. The number of benzene rings is 1. The monoisotopic (exact) mass is 315 g/mol. The van der Waals surface area contributed by atoms with E-state index >= 15 is 0 Å². The molecule has 0 fully saturated rings. The van der Waals surface area contributed by atoms with E-state index in [1.54, 1.807) is 18.9 Å². The molecule has 1 aromatic carbocycles. The highest BCUT2D eigenvalue weighted by molar-refractivity contribution is 7.99. The number of fused-ring (bicyclic) bond motifs is 3. The first-order chi connectivity index (χ1) is 10.8. The number of rotatable bonds is 5. The van der Waals surface area contributed by atoms with Gasteiger partial charge in [-0.2, -0.15) is 0 Å². The number of pyridine rings is 1. The lowest BCUT2D eigenvalue weighted by Gasteiger charge is -2.02. The molecular formula is C17H17NO3S. The molecule has 5 heteroatoms. The molecule has 22 heavy (non-hydrogen) atoms. The third-order valence-corrected chi connectivity index (χ3v) is 4.52. The molecule has 0 bridgehead atoms. The van der Waals surface area contributed by atoms with Crippen molar-refractivity contribution >= 4 is 34.2 Å². The van der Waals surface area contributed by atoms with Gasteiger partial charge < -0.3 is 13.9 Å². The number of thioether (sulfide) groups is 1. The van der Waals surface area contributed by atoms with E-state index in [-0.39, 0.29) is 5.97 Å². The second-order valence-corrected chi connectivity index (χ2v) is 6.01. The fraction of sp³-hybridized carbons (Fsp3) is 0.235. The van der Waals surface area contributed by atoms with E-state index in [4.69, 9.17) is 9.47 Å². The van der Waals surface area contributed by atoms with Gasteiger partial charge in [-0.3, -0.25) is 0 Å². The predicted octanol–water partition coefficient (Wildman–Crippen LogP) is 3.62.